The molecule has 2 aromatic rings. The van der Waals surface area contributed by atoms with E-state index in [0.717, 1.165) is 22.8 Å². The number of nitrogens with zero attached hydrogens (tertiary/aromatic N) is 3. The fourth-order valence-electron chi connectivity index (χ4n) is 2.50. The van der Waals surface area contributed by atoms with Crippen LogP contribution in [-0.2, 0) is 18.5 Å². The van der Waals surface area contributed by atoms with E-state index in [2.05, 4.69) is 36.1 Å². The fourth-order valence-corrected chi connectivity index (χ4v) is 2.50. The van der Waals surface area contributed by atoms with Gasteiger partial charge in [0.15, 0.2) is 0 Å². The molecule has 0 radical (unpaired) electrons. The monoisotopic (exact) mass is 310 g/mol. The maximum absolute atomic E-state index is 12.4. The molecule has 0 fully saturated rings. The van der Waals surface area contributed by atoms with Crippen LogP contribution in [0.2, 0.25) is 0 Å². The molecule has 1 aromatic heterocycles. The van der Waals surface area contributed by atoms with Gasteiger partial charge in [-0.1, -0.05) is 38.5 Å². The summed E-state index contributed by atoms with van der Waals surface area (Å²) in [4.78, 5) is 23.3. The lowest BCUT2D eigenvalue weighted by molar-refractivity contribution is 0.212. The summed E-state index contributed by atoms with van der Waals surface area (Å²) >= 11 is 0. The van der Waals surface area contributed by atoms with Gasteiger partial charge in [0.25, 0.3) is 0 Å². The smallest absolute Gasteiger partial charge is 0.314 e. The average Bonchev–Trinajstić information content (AvgIpc) is 2.92. The molecule has 0 saturated heterocycles. The van der Waals surface area contributed by atoms with Crippen LogP contribution in [0.1, 0.15) is 43.4 Å². The standard InChI is InChI=1S/C18H22N4O/c1-12-5-7-14(8-6-12)20-17(23)22-10-13-9-19-16(18(2,3)4)21-15(13)11-22/h5-9H,10-11H2,1-4H3,(H,20,23). The van der Waals surface area contributed by atoms with Crippen LogP contribution in [0, 0.1) is 6.92 Å². The van der Waals surface area contributed by atoms with Crippen LogP contribution >= 0.6 is 0 Å². The zero-order chi connectivity index (χ0) is 16.6. The van der Waals surface area contributed by atoms with Gasteiger partial charge in [-0.25, -0.2) is 14.8 Å². The van der Waals surface area contributed by atoms with E-state index in [1.165, 1.54) is 5.56 Å². The van der Waals surface area contributed by atoms with Gasteiger partial charge in [0.05, 0.1) is 18.8 Å². The van der Waals surface area contributed by atoms with Crippen molar-refractivity contribution in [3.8, 4) is 0 Å². The number of benzene rings is 1. The SMILES string of the molecule is Cc1ccc(NC(=O)N2Cc3cnc(C(C)(C)C)nc3C2)cc1. The molecule has 5 heteroatoms. The van der Waals surface area contributed by atoms with Crippen molar-refractivity contribution < 1.29 is 4.79 Å². The molecule has 0 spiro atoms. The number of anilines is 1. The molecule has 2 heterocycles. The molecule has 0 aliphatic carbocycles. The molecule has 120 valence electrons. The molecule has 3 rings (SSSR count). The lowest BCUT2D eigenvalue weighted by atomic mass is 9.95. The minimum atomic E-state index is -0.107. The molecule has 0 unspecified atom stereocenters. The number of aromatic nitrogens is 2. The van der Waals surface area contributed by atoms with Gasteiger partial charge in [0, 0.05) is 22.9 Å². The highest BCUT2D eigenvalue weighted by molar-refractivity contribution is 5.89. The van der Waals surface area contributed by atoms with E-state index in [0.29, 0.717) is 13.1 Å². The van der Waals surface area contributed by atoms with Crippen molar-refractivity contribution in [3.05, 3.63) is 53.1 Å². The molecule has 5 nitrogen and oxygen atoms in total. The molecular formula is C18H22N4O. The predicted octanol–water partition coefficient (Wildman–Crippen LogP) is 3.63. The number of nitrogens with one attached hydrogen (secondary N) is 1. The molecule has 2 amide bonds. The number of fused-ring (bicyclic) bond motifs is 1. The van der Waals surface area contributed by atoms with E-state index in [-0.39, 0.29) is 11.4 Å². The first kappa shape index (κ1) is 15.5. The van der Waals surface area contributed by atoms with Gasteiger partial charge in [-0.15, -0.1) is 0 Å². The summed E-state index contributed by atoms with van der Waals surface area (Å²) in [6.07, 6.45) is 1.85. The van der Waals surface area contributed by atoms with Gasteiger partial charge in [0.1, 0.15) is 5.82 Å². The molecule has 0 bridgehead atoms. The minimum absolute atomic E-state index is 0.0907. The van der Waals surface area contributed by atoms with Gasteiger partial charge in [0.2, 0.25) is 0 Å². The van der Waals surface area contributed by atoms with Crippen LogP contribution in [0.3, 0.4) is 0 Å². The summed E-state index contributed by atoms with van der Waals surface area (Å²) in [5.74, 6) is 0.817. The first-order valence-corrected chi connectivity index (χ1v) is 7.81. The molecule has 1 aromatic carbocycles. The molecule has 1 N–H and O–H groups in total. The van der Waals surface area contributed by atoms with Crippen LogP contribution in [-0.4, -0.2) is 20.9 Å². The fraction of sp³-hybridized carbons (Fsp3) is 0.389. The van der Waals surface area contributed by atoms with Gasteiger partial charge < -0.3 is 10.2 Å². The van der Waals surface area contributed by atoms with Crippen molar-refractivity contribution in [2.24, 2.45) is 0 Å². The highest BCUT2D eigenvalue weighted by Gasteiger charge is 2.27. The van der Waals surface area contributed by atoms with E-state index in [9.17, 15) is 4.79 Å². The Balaban J connectivity index is 1.71. The molecule has 0 saturated carbocycles. The van der Waals surface area contributed by atoms with Crippen LogP contribution in [0.25, 0.3) is 0 Å². The highest BCUT2D eigenvalue weighted by atomic mass is 16.2. The predicted molar refractivity (Wildman–Crippen MR) is 90.2 cm³/mol. The summed E-state index contributed by atoms with van der Waals surface area (Å²) in [6, 6.07) is 7.68. The number of aryl methyl sites for hydroxylation is 1. The Morgan fingerprint density at radius 1 is 1.17 bits per heavy atom. The normalized spacial score (nSPS) is 13.8. The molecule has 0 atom stereocenters. The van der Waals surface area contributed by atoms with E-state index in [4.69, 9.17) is 0 Å². The van der Waals surface area contributed by atoms with Crippen molar-refractivity contribution in [1.82, 2.24) is 14.9 Å². The van der Waals surface area contributed by atoms with Crippen molar-refractivity contribution in [2.45, 2.75) is 46.2 Å². The summed E-state index contributed by atoms with van der Waals surface area (Å²) < 4.78 is 0. The zero-order valence-electron chi connectivity index (χ0n) is 14.1. The Morgan fingerprint density at radius 2 is 1.87 bits per heavy atom. The number of carbonyl (C=O) groups excluding carboxylic acids is 1. The summed E-state index contributed by atoms with van der Waals surface area (Å²) in [5, 5.41) is 2.93. The van der Waals surface area contributed by atoms with Crippen molar-refractivity contribution in [1.29, 1.82) is 0 Å². The number of hydrogen-bond donors (Lipinski definition) is 1. The van der Waals surface area contributed by atoms with Crippen LogP contribution in [0.15, 0.2) is 30.5 Å². The van der Waals surface area contributed by atoms with E-state index in [1.54, 1.807) is 4.90 Å². The minimum Gasteiger partial charge on any atom is -0.314 e. The van der Waals surface area contributed by atoms with E-state index < -0.39 is 0 Å². The third-order valence-electron chi connectivity index (χ3n) is 3.92. The maximum Gasteiger partial charge on any atom is 0.322 e. The first-order valence-electron chi connectivity index (χ1n) is 7.81. The third kappa shape index (κ3) is 3.33. The second-order valence-corrected chi connectivity index (χ2v) is 7.07. The van der Waals surface area contributed by atoms with Gasteiger partial charge in [-0.2, -0.15) is 0 Å². The number of hydrogen-bond acceptors (Lipinski definition) is 3. The highest BCUT2D eigenvalue weighted by Crippen LogP contribution is 2.25. The number of carbonyl (C=O) groups is 1. The first-order chi connectivity index (χ1) is 10.8. The van der Waals surface area contributed by atoms with Crippen LogP contribution < -0.4 is 5.32 Å². The quantitative estimate of drug-likeness (QED) is 0.875. The van der Waals surface area contributed by atoms with E-state index >= 15 is 0 Å². The molecule has 23 heavy (non-hydrogen) atoms. The van der Waals surface area contributed by atoms with Gasteiger partial charge >= 0.3 is 6.03 Å². The third-order valence-corrected chi connectivity index (χ3v) is 3.92. The van der Waals surface area contributed by atoms with Crippen LogP contribution in [0.5, 0.6) is 0 Å². The second kappa shape index (κ2) is 5.65. The Morgan fingerprint density at radius 3 is 2.52 bits per heavy atom. The topological polar surface area (TPSA) is 58.1 Å². The van der Waals surface area contributed by atoms with Gasteiger partial charge in [-0.05, 0) is 19.1 Å². The summed E-state index contributed by atoms with van der Waals surface area (Å²) in [6.45, 7) is 9.37. The lowest BCUT2D eigenvalue weighted by Crippen LogP contribution is -2.30. The Kier molecular flexibility index (Phi) is 3.80. The van der Waals surface area contributed by atoms with Crippen molar-refractivity contribution in [2.75, 3.05) is 5.32 Å². The van der Waals surface area contributed by atoms with Crippen molar-refractivity contribution >= 4 is 11.7 Å². The zero-order valence-corrected chi connectivity index (χ0v) is 14.1. The summed E-state index contributed by atoms with van der Waals surface area (Å²) in [7, 11) is 0. The lowest BCUT2D eigenvalue weighted by Gasteiger charge is -2.17. The second-order valence-electron chi connectivity index (χ2n) is 7.07. The molecule has 1 aliphatic heterocycles. The average molecular weight is 310 g/mol. The number of urea groups is 1. The maximum atomic E-state index is 12.4. The van der Waals surface area contributed by atoms with Gasteiger partial charge in [-0.3, -0.25) is 0 Å². The Hall–Kier alpha value is -2.43. The number of rotatable bonds is 1. The van der Waals surface area contributed by atoms with Crippen LogP contribution in [0.4, 0.5) is 10.5 Å². The largest absolute Gasteiger partial charge is 0.322 e. The van der Waals surface area contributed by atoms with E-state index in [1.807, 2.05) is 37.4 Å². The number of amides is 2. The Bertz CT molecular complexity index is 732. The van der Waals surface area contributed by atoms with Crippen molar-refractivity contribution in [3.63, 3.8) is 0 Å². The molecular weight excluding hydrogens is 288 g/mol. The molecule has 1 aliphatic rings. The Labute approximate surface area is 136 Å². The summed E-state index contributed by atoms with van der Waals surface area (Å²) in [5.41, 5.74) is 3.85.